The van der Waals surface area contributed by atoms with Gasteiger partial charge in [0.1, 0.15) is 0 Å². The fourth-order valence-corrected chi connectivity index (χ4v) is 1.60. The molecule has 0 aliphatic heterocycles. The van der Waals surface area contributed by atoms with Crippen LogP contribution in [0.5, 0.6) is 0 Å². The minimum atomic E-state index is 0. The molecule has 0 spiro atoms. The Morgan fingerprint density at radius 3 is 2.31 bits per heavy atom. The molecule has 0 heterocycles. The molecule has 0 aromatic heterocycles. The van der Waals surface area contributed by atoms with Crippen LogP contribution < -0.4 is 0 Å². The summed E-state index contributed by atoms with van der Waals surface area (Å²) in [5, 5.41) is 0. The number of rotatable bonds is 3. The van der Waals surface area contributed by atoms with Crippen molar-refractivity contribution in [2.24, 2.45) is 0 Å². The standard InChI is InChI=1S/C12H18.CH4/c1-4-6-12-9-10(3)7-8-11(12)5-2;/h7-9H,4-6H2,1-3H3;1H4. The zero-order valence-corrected chi connectivity index (χ0v) is 8.35. The smallest absolute Gasteiger partial charge is 0.0279 e. The van der Waals surface area contributed by atoms with E-state index in [-0.39, 0.29) is 7.43 Å². The Bertz CT molecular complexity index is 248. The number of aryl methyl sites for hydroxylation is 3. The van der Waals surface area contributed by atoms with Gasteiger partial charge in [-0.05, 0) is 30.9 Å². The van der Waals surface area contributed by atoms with E-state index in [4.69, 9.17) is 0 Å². The van der Waals surface area contributed by atoms with Gasteiger partial charge in [-0.25, -0.2) is 0 Å². The second-order valence-electron chi connectivity index (χ2n) is 3.38. The second kappa shape index (κ2) is 5.80. The number of benzene rings is 1. The van der Waals surface area contributed by atoms with Gasteiger partial charge in [-0.3, -0.25) is 0 Å². The highest BCUT2D eigenvalue weighted by molar-refractivity contribution is 5.31. The van der Waals surface area contributed by atoms with E-state index in [1.807, 2.05) is 0 Å². The first-order valence-electron chi connectivity index (χ1n) is 4.86. The number of hydrogen-bond acceptors (Lipinski definition) is 0. The lowest BCUT2D eigenvalue weighted by Gasteiger charge is -2.07. The van der Waals surface area contributed by atoms with Gasteiger partial charge in [-0.15, -0.1) is 0 Å². The molecular weight excluding hydrogens is 156 g/mol. The second-order valence-corrected chi connectivity index (χ2v) is 3.38. The molecule has 0 unspecified atom stereocenters. The average molecular weight is 178 g/mol. The summed E-state index contributed by atoms with van der Waals surface area (Å²) in [7, 11) is 0. The largest absolute Gasteiger partial charge is 0.0776 e. The van der Waals surface area contributed by atoms with Crippen molar-refractivity contribution < 1.29 is 0 Å². The van der Waals surface area contributed by atoms with Crippen molar-refractivity contribution in [2.45, 2.75) is 47.5 Å². The molecular formula is C13H22. The Morgan fingerprint density at radius 2 is 1.77 bits per heavy atom. The summed E-state index contributed by atoms with van der Waals surface area (Å²) in [6, 6.07) is 6.79. The van der Waals surface area contributed by atoms with Gasteiger partial charge < -0.3 is 0 Å². The molecule has 1 aromatic rings. The van der Waals surface area contributed by atoms with E-state index in [1.54, 1.807) is 5.56 Å². The quantitative estimate of drug-likeness (QED) is 0.652. The van der Waals surface area contributed by atoms with Crippen LogP contribution in [0.4, 0.5) is 0 Å². The van der Waals surface area contributed by atoms with E-state index in [0.29, 0.717) is 0 Å². The van der Waals surface area contributed by atoms with Crippen LogP contribution in [-0.4, -0.2) is 0 Å². The summed E-state index contributed by atoms with van der Waals surface area (Å²) < 4.78 is 0. The summed E-state index contributed by atoms with van der Waals surface area (Å²) in [5.74, 6) is 0. The first-order valence-corrected chi connectivity index (χ1v) is 4.86. The predicted molar refractivity (Wildman–Crippen MR) is 61.3 cm³/mol. The maximum Gasteiger partial charge on any atom is -0.0279 e. The fraction of sp³-hybridized carbons (Fsp3) is 0.538. The first-order chi connectivity index (χ1) is 5.77. The van der Waals surface area contributed by atoms with Crippen LogP contribution in [0.15, 0.2) is 18.2 Å². The fourth-order valence-electron chi connectivity index (χ4n) is 1.60. The van der Waals surface area contributed by atoms with Crippen LogP contribution in [0.25, 0.3) is 0 Å². The maximum atomic E-state index is 2.32. The molecule has 0 heteroatoms. The summed E-state index contributed by atoms with van der Waals surface area (Å²) in [5.41, 5.74) is 4.44. The van der Waals surface area contributed by atoms with Crippen molar-refractivity contribution in [1.82, 2.24) is 0 Å². The van der Waals surface area contributed by atoms with E-state index >= 15 is 0 Å². The van der Waals surface area contributed by atoms with Gasteiger partial charge in [-0.2, -0.15) is 0 Å². The number of hydrogen-bond donors (Lipinski definition) is 0. The Kier molecular flexibility index (Phi) is 5.45. The van der Waals surface area contributed by atoms with Crippen molar-refractivity contribution in [1.29, 1.82) is 0 Å². The van der Waals surface area contributed by atoms with Gasteiger partial charge in [0, 0.05) is 0 Å². The topological polar surface area (TPSA) is 0 Å². The van der Waals surface area contributed by atoms with Crippen molar-refractivity contribution in [3.05, 3.63) is 34.9 Å². The van der Waals surface area contributed by atoms with Crippen LogP contribution >= 0.6 is 0 Å². The van der Waals surface area contributed by atoms with E-state index < -0.39 is 0 Å². The minimum Gasteiger partial charge on any atom is -0.0776 e. The Labute approximate surface area is 83.0 Å². The molecule has 0 aliphatic carbocycles. The lowest BCUT2D eigenvalue weighted by molar-refractivity contribution is 0.897. The van der Waals surface area contributed by atoms with Crippen molar-refractivity contribution in [2.75, 3.05) is 0 Å². The van der Waals surface area contributed by atoms with Crippen LogP contribution in [0, 0.1) is 6.92 Å². The van der Waals surface area contributed by atoms with Gasteiger partial charge in [0.2, 0.25) is 0 Å². The predicted octanol–water partition coefficient (Wildman–Crippen LogP) is 4.15. The lowest BCUT2D eigenvalue weighted by atomic mass is 9.99. The molecule has 0 saturated heterocycles. The van der Waals surface area contributed by atoms with E-state index in [2.05, 4.69) is 39.0 Å². The van der Waals surface area contributed by atoms with Crippen LogP contribution in [0.1, 0.15) is 44.4 Å². The molecule has 74 valence electrons. The third-order valence-corrected chi connectivity index (χ3v) is 2.26. The molecule has 0 fully saturated rings. The molecule has 0 saturated carbocycles. The van der Waals surface area contributed by atoms with E-state index in [9.17, 15) is 0 Å². The van der Waals surface area contributed by atoms with Crippen LogP contribution in [0.2, 0.25) is 0 Å². The van der Waals surface area contributed by atoms with Crippen molar-refractivity contribution >= 4 is 0 Å². The normalized spacial score (nSPS) is 9.46. The molecule has 0 atom stereocenters. The summed E-state index contributed by atoms with van der Waals surface area (Å²) in [4.78, 5) is 0. The Balaban J connectivity index is 0.00000144. The molecule has 0 nitrogen and oxygen atoms in total. The highest BCUT2D eigenvalue weighted by Gasteiger charge is 1.98. The summed E-state index contributed by atoms with van der Waals surface area (Å²) >= 11 is 0. The Hall–Kier alpha value is -0.780. The molecule has 1 rings (SSSR count). The zero-order chi connectivity index (χ0) is 8.97. The molecule has 0 aliphatic rings. The summed E-state index contributed by atoms with van der Waals surface area (Å²) in [6.45, 7) is 6.63. The average Bonchev–Trinajstić information content (AvgIpc) is 2.05. The van der Waals surface area contributed by atoms with E-state index in [1.165, 1.54) is 24.0 Å². The van der Waals surface area contributed by atoms with Gasteiger partial charge >= 0.3 is 0 Å². The SMILES string of the molecule is C.CCCc1cc(C)ccc1CC. The van der Waals surface area contributed by atoms with E-state index in [0.717, 1.165) is 6.42 Å². The molecule has 0 bridgehead atoms. The van der Waals surface area contributed by atoms with Gasteiger partial charge in [-0.1, -0.05) is 51.5 Å². The highest BCUT2D eigenvalue weighted by Crippen LogP contribution is 2.14. The van der Waals surface area contributed by atoms with Gasteiger partial charge in [0.25, 0.3) is 0 Å². The van der Waals surface area contributed by atoms with Gasteiger partial charge in [0.05, 0.1) is 0 Å². The van der Waals surface area contributed by atoms with Crippen LogP contribution in [0.3, 0.4) is 0 Å². The Morgan fingerprint density at radius 1 is 1.08 bits per heavy atom. The molecule has 0 N–H and O–H groups in total. The summed E-state index contributed by atoms with van der Waals surface area (Å²) in [6.07, 6.45) is 3.64. The monoisotopic (exact) mass is 178 g/mol. The minimum absolute atomic E-state index is 0. The molecule has 13 heavy (non-hydrogen) atoms. The zero-order valence-electron chi connectivity index (χ0n) is 8.35. The molecule has 0 radical (unpaired) electrons. The molecule has 0 amide bonds. The highest BCUT2D eigenvalue weighted by atomic mass is 14.0. The van der Waals surface area contributed by atoms with Gasteiger partial charge in [0.15, 0.2) is 0 Å². The maximum absolute atomic E-state index is 2.32. The first kappa shape index (κ1) is 12.2. The third kappa shape index (κ3) is 3.22. The third-order valence-electron chi connectivity index (χ3n) is 2.26. The van der Waals surface area contributed by atoms with Crippen molar-refractivity contribution in [3.63, 3.8) is 0 Å². The van der Waals surface area contributed by atoms with Crippen molar-refractivity contribution in [3.8, 4) is 0 Å². The molecule has 1 aromatic carbocycles. The van der Waals surface area contributed by atoms with Crippen LogP contribution in [-0.2, 0) is 12.8 Å². The lowest BCUT2D eigenvalue weighted by Crippen LogP contribution is -1.92.